The Morgan fingerprint density at radius 3 is 1.36 bits per heavy atom. The molecule has 11 heteroatoms. The van der Waals surface area contributed by atoms with Crippen LogP contribution in [0.1, 0.15) is 22.3 Å². The predicted octanol–water partition coefficient (Wildman–Crippen LogP) is 8.16. The molecule has 2 heterocycles. The second-order valence-electron chi connectivity index (χ2n) is 9.55. The number of thiazole rings is 2. The van der Waals surface area contributed by atoms with Crippen LogP contribution in [0.3, 0.4) is 0 Å². The average molecular weight is 682 g/mol. The number of hydrogen-bond acceptors (Lipinski definition) is 8. The summed E-state index contributed by atoms with van der Waals surface area (Å²) in [6, 6.07) is 22.9. The molecule has 0 N–H and O–H groups in total. The fraction of sp³-hybridized carbons (Fsp3) is 0.0588. The molecule has 4 aromatic carbocycles. The maximum Gasteiger partial charge on any atom is 2.00 e. The van der Waals surface area contributed by atoms with E-state index in [-0.39, 0.29) is 39.9 Å². The zero-order valence-corrected chi connectivity index (χ0v) is 26.6. The minimum atomic E-state index is -0.278. The first-order valence-electron chi connectivity index (χ1n) is 13.3. The molecule has 0 fully saturated rings. The molecule has 2 aromatic heterocycles. The van der Waals surface area contributed by atoms with Gasteiger partial charge in [0.2, 0.25) is 10.3 Å². The molecule has 0 bridgehead atoms. The minimum absolute atomic E-state index is 0. The maximum atomic E-state index is 12.9. The number of para-hydroxylation sites is 2. The van der Waals surface area contributed by atoms with Crippen molar-refractivity contribution in [3.8, 4) is 34.0 Å². The van der Waals surface area contributed by atoms with Crippen LogP contribution in [0.4, 0.5) is 19.0 Å². The van der Waals surface area contributed by atoms with Gasteiger partial charge in [0.15, 0.2) is 0 Å². The Bertz CT molecular complexity index is 1800. The summed E-state index contributed by atoms with van der Waals surface area (Å²) in [5.41, 5.74) is 5.60. The molecular weight excluding hydrogens is 657 g/mol. The van der Waals surface area contributed by atoms with Crippen molar-refractivity contribution >= 4 is 45.4 Å². The second-order valence-corrected chi connectivity index (χ2v) is 11.2. The van der Waals surface area contributed by atoms with Gasteiger partial charge in [-0.1, -0.05) is 59.0 Å². The summed E-state index contributed by atoms with van der Waals surface area (Å²) in [4.78, 5) is 17.2. The van der Waals surface area contributed by atoms with Gasteiger partial charge in [-0.05, 0) is 73.5 Å². The van der Waals surface area contributed by atoms with Crippen molar-refractivity contribution in [3.05, 3.63) is 130 Å². The van der Waals surface area contributed by atoms with E-state index in [0.717, 1.165) is 22.5 Å². The van der Waals surface area contributed by atoms with Crippen LogP contribution in [0.25, 0.3) is 22.5 Å². The van der Waals surface area contributed by atoms with Crippen LogP contribution < -0.4 is 10.2 Å². The Morgan fingerprint density at radius 2 is 0.978 bits per heavy atom. The van der Waals surface area contributed by atoms with Crippen LogP contribution in [-0.2, 0) is 16.8 Å². The van der Waals surface area contributed by atoms with Crippen molar-refractivity contribution < 1.29 is 35.8 Å². The second kappa shape index (κ2) is 15.4. The van der Waals surface area contributed by atoms with Gasteiger partial charge in [0.1, 0.15) is 11.6 Å². The average Bonchev–Trinajstić information content (AvgIpc) is 3.70. The van der Waals surface area contributed by atoms with Crippen LogP contribution >= 0.6 is 22.7 Å². The number of rotatable bonds is 6. The standard InChI is InChI=1S/2C17H13FN2OS.Co/c2*1-11-3-2-4-13(16(11)21)9-19-17-20-15(10-22-17)12-5-7-14(18)8-6-12;/h2*2-10,21H,1H3;/q;;+2/p-2/b2*19-9+;. The van der Waals surface area contributed by atoms with Crippen LogP contribution in [0, 0.1) is 25.5 Å². The Hall–Kier alpha value is -4.55. The fourth-order valence-electron chi connectivity index (χ4n) is 3.96. The smallest absolute Gasteiger partial charge is 0.872 e. The van der Waals surface area contributed by atoms with E-state index in [2.05, 4.69) is 20.0 Å². The summed E-state index contributed by atoms with van der Waals surface area (Å²) >= 11 is 2.75. The molecule has 0 unspecified atom stereocenters. The van der Waals surface area contributed by atoms with E-state index in [9.17, 15) is 19.0 Å². The predicted molar refractivity (Wildman–Crippen MR) is 171 cm³/mol. The Balaban J connectivity index is 0.000000200. The molecule has 0 aliphatic rings. The molecule has 0 spiro atoms. The quantitative estimate of drug-likeness (QED) is 0.166. The first kappa shape index (κ1) is 33.3. The van der Waals surface area contributed by atoms with Crippen LogP contribution in [0.2, 0.25) is 0 Å². The van der Waals surface area contributed by atoms with E-state index < -0.39 is 0 Å². The third-order valence-electron chi connectivity index (χ3n) is 6.38. The van der Waals surface area contributed by atoms with Gasteiger partial charge in [0.05, 0.1) is 11.4 Å². The van der Waals surface area contributed by atoms with E-state index in [1.165, 1.54) is 59.4 Å². The van der Waals surface area contributed by atoms with Gasteiger partial charge in [-0.25, -0.2) is 28.7 Å². The molecule has 227 valence electrons. The van der Waals surface area contributed by atoms with Gasteiger partial charge in [-0.3, -0.25) is 0 Å². The summed E-state index contributed by atoms with van der Waals surface area (Å²) in [6.07, 6.45) is 3.06. The van der Waals surface area contributed by atoms with Crippen molar-refractivity contribution in [1.29, 1.82) is 0 Å². The largest absolute Gasteiger partial charge is 2.00 e. The van der Waals surface area contributed by atoms with E-state index in [1.807, 2.05) is 22.9 Å². The first-order chi connectivity index (χ1) is 21.3. The number of aryl methyl sites for hydroxylation is 2. The maximum absolute atomic E-state index is 12.9. The van der Waals surface area contributed by atoms with Gasteiger partial charge < -0.3 is 10.2 Å². The molecular formula is C34H24CoF2N4O2S2. The number of benzene rings is 4. The first-order valence-corrected chi connectivity index (χ1v) is 15.1. The summed E-state index contributed by atoms with van der Waals surface area (Å²) in [7, 11) is 0. The topological polar surface area (TPSA) is 96.6 Å². The molecule has 6 rings (SSSR count). The SMILES string of the molecule is Cc1cccc(/C=N/c2nc(-c3ccc(F)cc3)cs2)c1[O-].Cc1cccc(/C=N/c2nc(-c3ccc(F)cc3)cs2)c1[O-].[Co+2]. The molecule has 6 aromatic rings. The Kier molecular flexibility index (Phi) is 11.4. The molecule has 45 heavy (non-hydrogen) atoms. The molecule has 0 aliphatic heterocycles. The number of hydrogen-bond donors (Lipinski definition) is 0. The van der Waals surface area contributed by atoms with Crippen molar-refractivity contribution in [3.63, 3.8) is 0 Å². The summed E-state index contributed by atoms with van der Waals surface area (Å²) < 4.78 is 25.8. The Labute approximate surface area is 277 Å². The van der Waals surface area contributed by atoms with E-state index in [1.54, 1.807) is 62.4 Å². The number of halogens is 2. The molecule has 0 amide bonds. The van der Waals surface area contributed by atoms with Gasteiger partial charge in [-0.2, -0.15) is 0 Å². The van der Waals surface area contributed by atoms with Crippen molar-refractivity contribution in [2.24, 2.45) is 9.98 Å². The number of aliphatic imine (C=N–C) groups is 2. The summed E-state index contributed by atoms with van der Waals surface area (Å²) in [6.45, 7) is 3.55. The van der Waals surface area contributed by atoms with Gasteiger partial charge in [0, 0.05) is 34.3 Å². The van der Waals surface area contributed by atoms with Crippen LogP contribution in [0.15, 0.2) is 106 Å². The van der Waals surface area contributed by atoms with Crippen LogP contribution in [-0.4, -0.2) is 22.4 Å². The molecule has 0 atom stereocenters. The molecule has 1 radical (unpaired) electrons. The zero-order valence-electron chi connectivity index (χ0n) is 23.9. The fourth-order valence-corrected chi connectivity index (χ4v) is 5.30. The van der Waals surface area contributed by atoms with Crippen molar-refractivity contribution in [2.75, 3.05) is 0 Å². The van der Waals surface area contributed by atoms with Gasteiger partial charge >= 0.3 is 16.8 Å². The van der Waals surface area contributed by atoms with Gasteiger partial charge in [-0.15, -0.1) is 22.7 Å². The molecule has 0 saturated carbocycles. The number of nitrogens with zero attached hydrogens (tertiary/aromatic N) is 4. The molecule has 0 aliphatic carbocycles. The van der Waals surface area contributed by atoms with Gasteiger partial charge in [0.25, 0.3) is 0 Å². The van der Waals surface area contributed by atoms with E-state index >= 15 is 0 Å². The third-order valence-corrected chi connectivity index (χ3v) is 7.87. The van der Waals surface area contributed by atoms with Crippen LogP contribution in [0.5, 0.6) is 11.5 Å². The minimum Gasteiger partial charge on any atom is -0.872 e. The van der Waals surface area contributed by atoms with Crippen molar-refractivity contribution in [2.45, 2.75) is 13.8 Å². The zero-order chi connectivity index (χ0) is 31.1. The van der Waals surface area contributed by atoms with E-state index in [0.29, 0.717) is 32.5 Å². The number of aromatic nitrogens is 2. The van der Waals surface area contributed by atoms with Crippen molar-refractivity contribution in [1.82, 2.24) is 9.97 Å². The summed E-state index contributed by atoms with van der Waals surface area (Å²) in [5, 5.41) is 28.6. The monoisotopic (exact) mass is 681 g/mol. The summed E-state index contributed by atoms with van der Waals surface area (Å²) in [5.74, 6) is -0.609. The Morgan fingerprint density at radius 1 is 0.600 bits per heavy atom. The van der Waals surface area contributed by atoms with E-state index in [4.69, 9.17) is 0 Å². The third kappa shape index (κ3) is 8.76. The molecule has 0 saturated heterocycles. The molecule has 6 nitrogen and oxygen atoms in total. The normalized spacial score (nSPS) is 10.9.